The van der Waals surface area contributed by atoms with E-state index in [1.54, 1.807) is 32.2 Å². The van der Waals surface area contributed by atoms with E-state index in [1.165, 1.54) is 36.3 Å². The number of carbonyl (C=O) groups is 2. The number of rotatable bonds is 9. The van der Waals surface area contributed by atoms with Gasteiger partial charge in [0.05, 0.1) is 19.1 Å². The van der Waals surface area contributed by atoms with Crippen LogP contribution in [-0.4, -0.2) is 37.0 Å². The average Bonchev–Trinajstić information content (AvgIpc) is 3.21. The number of nitrogens with zero attached hydrogens (tertiary/aromatic N) is 1. The second-order valence-corrected chi connectivity index (χ2v) is 9.61. The van der Waals surface area contributed by atoms with E-state index in [0.29, 0.717) is 30.2 Å². The van der Waals surface area contributed by atoms with Crippen LogP contribution >= 0.6 is 0 Å². The molecule has 1 N–H and O–H groups in total. The van der Waals surface area contributed by atoms with Crippen LogP contribution in [0.1, 0.15) is 73.2 Å². The van der Waals surface area contributed by atoms with Gasteiger partial charge < -0.3 is 19.4 Å². The molecule has 1 amide bonds. The first-order valence-corrected chi connectivity index (χ1v) is 12.8. The minimum atomic E-state index is -0.311. The molecule has 1 atom stereocenters. The van der Waals surface area contributed by atoms with Crippen LogP contribution in [0.3, 0.4) is 0 Å². The molecule has 1 unspecified atom stereocenters. The number of ether oxygens (including phenoxy) is 1. The molecule has 0 radical (unpaired) electrons. The molecule has 1 aliphatic rings. The zero-order chi connectivity index (χ0) is 25.7. The Balaban J connectivity index is 1.52. The van der Waals surface area contributed by atoms with Crippen molar-refractivity contribution in [2.24, 2.45) is 5.92 Å². The molecule has 36 heavy (non-hydrogen) atoms. The van der Waals surface area contributed by atoms with Gasteiger partial charge in [0.2, 0.25) is 0 Å². The molecule has 7 heteroatoms. The molecular weight excluding hydrogens is 459 g/mol. The standard InChI is InChI=1S/C29H35FN2O4/c1-4-35-26(33)16-17-32(3)29(34)21-10-13-23(14-11-21)31-27(20-8-6-5-7-9-20)28-19(2)24-15-12-22(30)18-25(24)36-28/h10-15,18,20,27,31H,4-9,16-17H2,1-3H3. The highest BCUT2D eigenvalue weighted by Gasteiger charge is 2.30. The Bertz CT molecular complexity index is 1200. The van der Waals surface area contributed by atoms with E-state index in [-0.39, 0.29) is 30.2 Å². The topological polar surface area (TPSA) is 71.8 Å². The molecule has 1 aliphatic carbocycles. The molecule has 1 aromatic heterocycles. The van der Waals surface area contributed by atoms with Gasteiger partial charge in [0, 0.05) is 41.9 Å². The van der Waals surface area contributed by atoms with Gasteiger partial charge in [0.25, 0.3) is 5.91 Å². The van der Waals surface area contributed by atoms with Gasteiger partial charge in [-0.1, -0.05) is 19.3 Å². The summed E-state index contributed by atoms with van der Waals surface area (Å²) in [6, 6.07) is 12.0. The minimum absolute atomic E-state index is 0.0467. The predicted octanol–water partition coefficient (Wildman–Crippen LogP) is 6.64. The maximum absolute atomic E-state index is 13.8. The second kappa shape index (κ2) is 11.6. The summed E-state index contributed by atoms with van der Waals surface area (Å²) >= 11 is 0. The molecule has 3 aromatic rings. The summed E-state index contributed by atoms with van der Waals surface area (Å²) in [7, 11) is 1.68. The highest BCUT2D eigenvalue weighted by molar-refractivity contribution is 5.94. The monoisotopic (exact) mass is 494 g/mol. The summed E-state index contributed by atoms with van der Waals surface area (Å²) in [5.41, 5.74) is 3.04. The molecule has 1 fully saturated rings. The second-order valence-electron chi connectivity index (χ2n) is 9.61. The summed E-state index contributed by atoms with van der Waals surface area (Å²) in [5.74, 6) is 0.482. The summed E-state index contributed by atoms with van der Waals surface area (Å²) in [6.07, 6.45) is 5.98. The van der Waals surface area contributed by atoms with Crippen molar-refractivity contribution in [3.63, 3.8) is 0 Å². The van der Waals surface area contributed by atoms with Crippen molar-refractivity contribution in [1.82, 2.24) is 4.90 Å². The van der Waals surface area contributed by atoms with Gasteiger partial charge in [-0.3, -0.25) is 9.59 Å². The van der Waals surface area contributed by atoms with Crippen LogP contribution in [0.25, 0.3) is 11.0 Å². The Labute approximate surface area is 211 Å². The Morgan fingerprint density at radius 1 is 1.14 bits per heavy atom. The molecule has 0 aliphatic heterocycles. The van der Waals surface area contributed by atoms with Crippen LogP contribution in [-0.2, 0) is 9.53 Å². The van der Waals surface area contributed by atoms with Gasteiger partial charge in [0.15, 0.2) is 0 Å². The molecule has 1 heterocycles. The fraction of sp³-hybridized carbons (Fsp3) is 0.448. The third-order valence-electron chi connectivity index (χ3n) is 7.10. The van der Waals surface area contributed by atoms with Gasteiger partial charge in [-0.15, -0.1) is 0 Å². The first kappa shape index (κ1) is 25.7. The average molecular weight is 495 g/mol. The lowest BCUT2D eigenvalue weighted by Crippen LogP contribution is -2.29. The van der Waals surface area contributed by atoms with E-state index in [2.05, 4.69) is 5.32 Å². The van der Waals surface area contributed by atoms with E-state index in [9.17, 15) is 14.0 Å². The van der Waals surface area contributed by atoms with Crippen molar-refractivity contribution < 1.29 is 23.1 Å². The molecular formula is C29H35FN2O4. The number of hydrogen-bond acceptors (Lipinski definition) is 5. The fourth-order valence-corrected chi connectivity index (χ4v) is 5.08. The molecule has 1 saturated carbocycles. The molecule has 6 nitrogen and oxygen atoms in total. The number of benzene rings is 2. The number of esters is 1. The van der Waals surface area contributed by atoms with Gasteiger partial charge in [0.1, 0.15) is 17.2 Å². The Morgan fingerprint density at radius 2 is 1.86 bits per heavy atom. The fourth-order valence-electron chi connectivity index (χ4n) is 5.08. The Morgan fingerprint density at radius 3 is 2.56 bits per heavy atom. The van der Waals surface area contributed by atoms with Crippen molar-refractivity contribution in [1.29, 1.82) is 0 Å². The lowest BCUT2D eigenvalue weighted by molar-refractivity contribution is -0.143. The summed E-state index contributed by atoms with van der Waals surface area (Å²) in [4.78, 5) is 25.9. The third kappa shape index (κ3) is 5.89. The Kier molecular flexibility index (Phi) is 8.28. The van der Waals surface area contributed by atoms with Crippen LogP contribution in [0.15, 0.2) is 46.9 Å². The number of carbonyl (C=O) groups excluding carboxylic acids is 2. The summed E-state index contributed by atoms with van der Waals surface area (Å²) in [5, 5.41) is 4.59. The smallest absolute Gasteiger partial charge is 0.307 e. The summed E-state index contributed by atoms with van der Waals surface area (Å²) in [6.45, 7) is 4.42. The zero-order valence-corrected chi connectivity index (χ0v) is 21.3. The lowest BCUT2D eigenvalue weighted by atomic mass is 9.82. The van der Waals surface area contributed by atoms with Crippen molar-refractivity contribution in [3.05, 3.63) is 65.2 Å². The van der Waals surface area contributed by atoms with Crippen LogP contribution in [0, 0.1) is 18.7 Å². The van der Waals surface area contributed by atoms with Gasteiger partial charge in [-0.2, -0.15) is 0 Å². The minimum Gasteiger partial charge on any atom is -0.466 e. The SMILES string of the molecule is CCOC(=O)CCN(C)C(=O)c1ccc(NC(c2oc3cc(F)ccc3c2C)C2CCCCC2)cc1. The van der Waals surface area contributed by atoms with Crippen molar-refractivity contribution in [2.75, 3.05) is 25.5 Å². The van der Waals surface area contributed by atoms with E-state index in [1.807, 2.05) is 19.1 Å². The largest absolute Gasteiger partial charge is 0.466 e. The number of nitrogens with one attached hydrogen (secondary N) is 1. The number of furan rings is 1. The van der Waals surface area contributed by atoms with Gasteiger partial charge in [-0.25, -0.2) is 4.39 Å². The van der Waals surface area contributed by atoms with Crippen molar-refractivity contribution in [3.8, 4) is 0 Å². The quantitative estimate of drug-likeness (QED) is 0.338. The van der Waals surface area contributed by atoms with Gasteiger partial charge >= 0.3 is 5.97 Å². The van der Waals surface area contributed by atoms with Gasteiger partial charge in [-0.05, 0) is 69.0 Å². The maximum atomic E-state index is 13.8. The summed E-state index contributed by atoms with van der Waals surface area (Å²) < 4.78 is 25.0. The van der Waals surface area contributed by atoms with Crippen LogP contribution in [0.4, 0.5) is 10.1 Å². The number of anilines is 1. The molecule has 0 saturated heterocycles. The van der Waals surface area contributed by atoms with E-state index < -0.39 is 0 Å². The maximum Gasteiger partial charge on any atom is 0.307 e. The van der Waals surface area contributed by atoms with E-state index >= 15 is 0 Å². The normalized spacial score (nSPS) is 15.0. The van der Waals surface area contributed by atoms with Crippen molar-refractivity contribution in [2.45, 2.75) is 58.4 Å². The number of hydrogen-bond donors (Lipinski definition) is 1. The highest BCUT2D eigenvalue weighted by atomic mass is 19.1. The lowest BCUT2D eigenvalue weighted by Gasteiger charge is -2.31. The van der Waals surface area contributed by atoms with Crippen LogP contribution in [0.5, 0.6) is 0 Å². The molecule has 192 valence electrons. The number of amides is 1. The number of halogens is 1. The zero-order valence-electron chi connectivity index (χ0n) is 21.3. The van der Waals surface area contributed by atoms with Crippen molar-refractivity contribution >= 4 is 28.5 Å². The first-order valence-electron chi connectivity index (χ1n) is 12.8. The molecule has 0 spiro atoms. The molecule has 0 bridgehead atoms. The van der Waals surface area contributed by atoms with Crippen LogP contribution < -0.4 is 5.32 Å². The molecule has 2 aromatic carbocycles. The number of fused-ring (bicyclic) bond motifs is 1. The van der Waals surface area contributed by atoms with E-state index in [4.69, 9.17) is 9.15 Å². The highest BCUT2D eigenvalue weighted by Crippen LogP contribution is 2.41. The number of aryl methyl sites for hydroxylation is 1. The van der Waals surface area contributed by atoms with Crippen LogP contribution in [0.2, 0.25) is 0 Å². The predicted molar refractivity (Wildman–Crippen MR) is 139 cm³/mol. The van der Waals surface area contributed by atoms with E-state index in [0.717, 1.165) is 35.2 Å². The Hall–Kier alpha value is -3.35. The molecule has 4 rings (SSSR count). The third-order valence-corrected chi connectivity index (χ3v) is 7.10. The first-order chi connectivity index (χ1) is 17.4.